The molecule has 1 aromatic carbocycles. The van der Waals surface area contributed by atoms with Crippen LogP contribution in [0.25, 0.3) is 22.0 Å². The number of methoxy groups -OCH3 is 1. The minimum Gasteiger partial charge on any atom is -0.383 e. The number of anilines is 2. The lowest BCUT2D eigenvalue weighted by atomic mass is 9.86. The second kappa shape index (κ2) is 9.23. The summed E-state index contributed by atoms with van der Waals surface area (Å²) in [5.74, 6) is 1.14. The first-order valence-corrected chi connectivity index (χ1v) is 11.6. The lowest BCUT2D eigenvalue weighted by Gasteiger charge is -2.29. The molecule has 0 saturated heterocycles. The standard InChI is InChI=1S/C25H30N6O2/c1-17-5-3-4-6-21(17)31-22-11-12-26-25(32)23(22)24(29-31)28-20-9-7-18(8-10-20)19-15-27-30(16-19)13-14-33-2/h7-12,15-17,21H,3-6,13-14H2,1-2H3,(H,26,32)(H,28,29)/t17-,21-/m0/s1. The Labute approximate surface area is 192 Å². The summed E-state index contributed by atoms with van der Waals surface area (Å²) in [5.41, 5.74) is 3.78. The third-order valence-corrected chi connectivity index (χ3v) is 6.65. The summed E-state index contributed by atoms with van der Waals surface area (Å²) in [6, 6.07) is 10.4. The molecule has 4 aromatic rings. The van der Waals surface area contributed by atoms with Crippen molar-refractivity contribution in [1.82, 2.24) is 24.5 Å². The largest absolute Gasteiger partial charge is 0.383 e. The summed E-state index contributed by atoms with van der Waals surface area (Å²) in [6.45, 7) is 3.64. The maximum absolute atomic E-state index is 12.7. The molecule has 8 nitrogen and oxygen atoms in total. The van der Waals surface area contributed by atoms with Gasteiger partial charge in [0, 0.05) is 30.8 Å². The highest BCUT2D eigenvalue weighted by molar-refractivity contribution is 5.91. The van der Waals surface area contributed by atoms with Crippen LogP contribution in [0, 0.1) is 5.92 Å². The lowest BCUT2D eigenvalue weighted by Crippen LogP contribution is -2.22. The molecule has 33 heavy (non-hydrogen) atoms. The van der Waals surface area contributed by atoms with Crippen molar-refractivity contribution in [2.75, 3.05) is 19.0 Å². The zero-order valence-electron chi connectivity index (χ0n) is 19.1. The minimum absolute atomic E-state index is 0.121. The van der Waals surface area contributed by atoms with E-state index < -0.39 is 0 Å². The third kappa shape index (κ3) is 4.30. The van der Waals surface area contributed by atoms with Gasteiger partial charge < -0.3 is 15.0 Å². The molecule has 2 atom stereocenters. The van der Waals surface area contributed by atoms with Crippen molar-refractivity contribution >= 4 is 22.4 Å². The molecule has 0 unspecified atom stereocenters. The number of fused-ring (bicyclic) bond motifs is 1. The number of nitrogens with one attached hydrogen (secondary N) is 2. The number of aromatic nitrogens is 5. The number of ether oxygens (including phenoxy) is 1. The average Bonchev–Trinajstić information content (AvgIpc) is 3.44. The van der Waals surface area contributed by atoms with E-state index in [1.54, 1.807) is 13.3 Å². The Morgan fingerprint density at radius 1 is 1.15 bits per heavy atom. The summed E-state index contributed by atoms with van der Waals surface area (Å²) in [4.78, 5) is 15.5. The van der Waals surface area contributed by atoms with Crippen LogP contribution in [0.3, 0.4) is 0 Å². The number of H-pyrrole nitrogens is 1. The van der Waals surface area contributed by atoms with E-state index in [1.807, 2.05) is 47.4 Å². The van der Waals surface area contributed by atoms with Gasteiger partial charge in [-0.1, -0.05) is 31.9 Å². The molecule has 1 fully saturated rings. The van der Waals surface area contributed by atoms with Crippen LogP contribution in [-0.4, -0.2) is 38.3 Å². The molecule has 172 valence electrons. The van der Waals surface area contributed by atoms with Gasteiger partial charge in [0.15, 0.2) is 5.82 Å². The predicted octanol–water partition coefficient (Wildman–Crippen LogP) is 4.73. The Morgan fingerprint density at radius 2 is 1.97 bits per heavy atom. The molecule has 3 heterocycles. The Balaban J connectivity index is 1.42. The molecular formula is C25H30N6O2. The van der Waals surface area contributed by atoms with E-state index in [0.717, 1.165) is 35.3 Å². The first kappa shape index (κ1) is 21.5. The molecule has 1 aliphatic carbocycles. The molecule has 2 N–H and O–H groups in total. The number of pyridine rings is 1. The van der Waals surface area contributed by atoms with Crippen LogP contribution < -0.4 is 10.9 Å². The topological polar surface area (TPSA) is 89.8 Å². The molecule has 0 aliphatic heterocycles. The van der Waals surface area contributed by atoms with Crippen molar-refractivity contribution in [2.24, 2.45) is 5.92 Å². The third-order valence-electron chi connectivity index (χ3n) is 6.65. The van der Waals surface area contributed by atoms with Crippen molar-refractivity contribution < 1.29 is 4.74 Å². The van der Waals surface area contributed by atoms with Crippen LogP contribution in [0.2, 0.25) is 0 Å². The van der Waals surface area contributed by atoms with Crippen molar-refractivity contribution in [3.05, 3.63) is 59.3 Å². The Kier molecular flexibility index (Phi) is 6.00. The van der Waals surface area contributed by atoms with Gasteiger partial charge in [-0.3, -0.25) is 14.2 Å². The number of hydrogen-bond donors (Lipinski definition) is 2. The molecule has 8 heteroatoms. The second-order valence-corrected chi connectivity index (χ2v) is 8.88. The van der Waals surface area contributed by atoms with Gasteiger partial charge in [-0.05, 0) is 42.5 Å². The quantitative estimate of drug-likeness (QED) is 0.428. The lowest BCUT2D eigenvalue weighted by molar-refractivity contribution is 0.183. The van der Waals surface area contributed by atoms with Crippen LogP contribution in [0.1, 0.15) is 38.6 Å². The van der Waals surface area contributed by atoms with Crippen molar-refractivity contribution in [2.45, 2.75) is 45.2 Å². The van der Waals surface area contributed by atoms with Crippen molar-refractivity contribution in [1.29, 1.82) is 0 Å². The maximum Gasteiger partial charge on any atom is 0.261 e. The van der Waals surface area contributed by atoms with E-state index in [2.05, 4.69) is 27.0 Å². The summed E-state index contributed by atoms with van der Waals surface area (Å²) in [6.07, 6.45) is 10.3. The highest BCUT2D eigenvalue weighted by Crippen LogP contribution is 2.36. The molecule has 0 radical (unpaired) electrons. The Morgan fingerprint density at radius 3 is 2.76 bits per heavy atom. The monoisotopic (exact) mass is 446 g/mol. The molecule has 5 rings (SSSR count). The van der Waals surface area contributed by atoms with Gasteiger partial charge in [-0.15, -0.1) is 0 Å². The number of nitrogens with zero attached hydrogens (tertiary/aromatic N) is 4. The molecule has 0 bridgehead atoms. The molecule has 1 aliphatic rings. The van der Waals surface area contributed by atoms with E-state index in [9.17, 15) is 4.79 Å². The van der Waals surface area contributed by atoms with Crippen LogP contribution in [0.4, 0.5) is 11.5 Å². The number of rotatable bonds is 7. The maximum atomic E-state index is 12.7. The first-order valence-electron chi connectivity index (χ1n) is 11.6. The molecule has 3 aromatic heterocycles. The van der Waals surface area contributed by atoms with Crippen molar-refractivity contribution in [3.8, 4) is 11.1 Å². The van der Waals surface area contributed by atoms with Crippen molar-refractivity contribution in [3.63, 3.8) is 0 Å². The van der Waals surface area contributed by atoms with Gasteiger partial charge in [0.25, 0.3) is 5.56 Å². The number of hydrogen-bond acceptors (Lipinski definition) is 5. The zero-order valence-corrected chi connectivity index (χ0v) is 19.1. The van der Waals surface area contributed by atoms with Gasteiger partial charge in [0.05, 0.1) is 30.9 Å². The van der Waals surface area contributed by atoms with E-state index in [4.69, 9.17) is 9.84 Å². The Bertz CT molecular complexity index is 1290. The SMILES string of the molecule is COCCn1cc(-c2ccc(Nc3nn([C@H]4CCCC[C@@H]4C)c4cc[nH]c(=O)c34)cc2)cn1. The van der Waals surface area contributed by atoms with Gasteiger partial charge >= 0.3 is 0 Å². The Hall–Kier alpha value is -3.39. The number of aromatic amines is 1. The summed E-state index contributed by atoms with van der Waals surface area (Å²) in [7, 11) is 1.69. The fourth-order valence-corrected chi connectivity index (χ4v) is 4.80. The predicted molar refractivity (Wildman–Crippen MR) is 130 cm³/mol. The fraction of sp³-hybridized carbons (Fsp3) is 0.400. The normalized spacial score (nSPS) is 18.6. The van der Waals surface area contributed by atoms with Gasteiger partial charge in [0.1, 0.15) is 5.39 Å². The van der Waals surface area contributed by atoms with E-state index in [0.29, 0.717) is 29.8 Å². The molecule has 0 spiro atoms. The highest BCUT2D eigenvalue weighted by atomic mass is 16.5. The average molecular weight is 447 g/mol. The number of benzene rings is 1. The second-order valence-electron chi connectivity index (χ2n) is 8.88. The minimum atomic E-state index is -0.121. The van der Waals surface area contributed by atoms with Crippen LogP contribution in [0.5, 0.6) is 0 Å². The summed E-state index contributed by atoms with van der Waals surface area (Å²) in [5, 5.41) is 13.3. The van der Waals surface area contributed by atoms with Crippen LogP contribution in [0.15, 0.2) is 53.7 Å². The summed E-state index contributed by atoms with van der Waals surface area (Å²) >= 11 is 0. The van der Waals surface area contributed by atoms with Gasteiger partial charge in [0.2, 0.25) is 0 Å². The van der Waals surface area contributed by atoms with E-state index >= 15 is 0 Å². The van der Waals surface area contributed by atoms with Gasteiger partial charge in [-0.25, -0.2) is 0 Å². The zero-order chi connectivity index (χ0) is 22.8. The highest BCUT2D eigenvalue weighted by Gasteiger charge is 2.27. The van der Waals surface area contributed by atoms with Crippen LogP contribution >= 0.6 is 0 Å². The molecule has 0 amide bonds. The molecular weight excluding hydrogens is 416 g/mol. The first-order chi connectivity index (χ1) is 16.1. The van der Waals surface area contributed by atoms with E-state index in [1.165, 1.54) is 19.3 Å². The van der Waals surface area contributed by atoms with E-state index in [-0.39, 0.29) is 5.56 Å². The smallest absolute Gasteiger partial charge is 0.261 e. The fourth-order valence-electron chi connectivity index (χ4n) is 4.80. The summed E-state index contributed by atoms with van der Waals surface area (Å²) < 4.78 is 9.06. The van der Waals surface area contributed by atoms with Crippen LogP contribution in [-0.2, 0) is 11.3 Å². The van der Waals surface area contributed by atoms with Gasteiger partial charge in [-0.2, -0.15) is 10.2 Å². The molecule has 1 saturated carbocycles.